The van der Waals surface area contributed by atoms with E-state index in [1.54, 1.807) is 24.3 Å². The van der Waals surface area contributed by atoms with Gasteiger partial charge in [-0.25, -0.2) is 4.99 Å². The lowest BCUT2D eigenvalue weighted by Gasteiger charge is -2.24. The van der Waals surface area contributed by atoms with Crippen LogP contribution in [0.4, 0.5) is 0 Å². The molecule has 1 unspecified atom stereocenters. The van der Waals surface area contributed by atoms with Crippen molar-refractivity contribution in [2.45, 2.75) is 25.8 Å². The highest BCUT2D eigenvalue weighted by Gasteiger charge is 2.28. The highest BCUT2D eigenvalue weighted by molar-refractivity contribution is 6.10. The molecular formula is C22H25N3O5. The molecule has 2 N–H and O–H groups in total. The molecule has 2 aromatic carbocycles. The molecule has 1 atom stereocenters. The zero-order valence-corrected chi connectivity index (χ0v) is 17.4. The van der Waals surface area contributed by atoms with Gasteiger partial charge >= 0.3 is 0 Å². The summed E-state index contributed by atoms with van der Waals surface area (Å²) in [4.78, 5) is 29.4. The van der Waals surface area contributed by atoms with Crippen molar-refractivity contribution in [1.82, 2.24) is 10.6 Å². The second-order valence-corrected chi connectivity index (χ2v) is 6.67. The van der Waals surface area contributed by atoms with Crippen molar-refractivity contribution >= 4 is 17.8 Å². The van der Waals surface area contributed by atoms with Gasteiger partial charge in [-0.2, -0.15) is 0 Å². The second kappa shape index (κ2) is 9.30. The standard InChI is InChI=1S/C22H25N3O5/c1-5-13-6-8-14(9-7-13)21(27)25-22-23-16(12-18(26)24-22)15-10-11-17(28-2)20(30-4)19(15)29-3/h6-11,16H,5,12H2,1-4H3,(H2,23,24,25,26,27). The molecule has 3 rings (SSSR count). The molecule has 0 radical (unpaired) electrons. The number of benzene rings is 2. The highest BCUT2D eigenvalue weighted by Crippen LogP contribution is 2.43. The monoisotopic (exact) mass is 411 g/mol. The molecule has 0 saturated heterocycles. The molecular weight excluding hydrogens is 386 g/mol. The Hall–Kier alpha value is -3.55. The van der Waals surface area contributed by atoms with Crippen LogP contribution < -0.4 is 24.8 Å². The number of carbonyl (C=O) groups excluding carboxylic acids is 2. The predicted molar refractivity (Wildman–Crippen MR) is 112 cm³/mol. The number of hydrogen-bond acceptors (Lipinski definition) is 6. The first-order chi connectivity index (χ1) is 14.5. The second-order valence-electron chi connectivity index (χ2n) is 6.67. The number of methoxy groups -OCH3 is 3. The summed E-state index contributed by atoms with van der Waals surface area (Å²) in [5.41, 5.74) is 2.27. The molecule has 0 bridgehead atoms. The van der Waals surface area contributed by atoms with Crippen molar-refractivity contribution in [3.63, 3.8) is 0 Å². The maximum Gasteiger partial charge on any atom is 0.257 e. The average Bonchev–Trinajstić information content (AvgIpc) is 2.77. The lowest BCUT2D eigenvalue weighted by atomic mass is 10.0. The quantitative estimate of drug-likeness (QED) is 0.762. The predicted octanol–water partition coefficient (Wildman–Crippen LogP) is 2.62. The average molecular weight is 411 g/mol. The van der Waals surface area contributed by atoms with Crippen LogP contribution in [0.25, 0.3) is 0 Å². The van der Waals surface area contributed by atoms with Gasteiger partial charge in [0.2, 0.25) is 17.6 Å². The minimum Gasteiger partial charge on any atom is -0.493 e. The van der Waals surface area contributed by atoms with Crippen LogP contribution in [0.3, 0.4) is 0 Å². The molecule has 0 spiro atoms. The van der Waals surface area contributed by atoms with Crippen molar-refractivity contribution in [3.8, 4) is 17.2 Å². The maximum atomic E-state index is 12.6. The molecule has 0 aliphatic carbocycles. The third-order valence-corrected chi connectivity index (χ3v) is 4.87. The Morgan fingerprint density at radius 3 is 2.37 bits per heavy atom. The largest absolute Gasteiger partial charge is 0.493 e. The van der Waals surface area contributed by atoms with E-state index in [0.717, 1.165) is 12.0 Å². The van der Waals surface area contributed by atoms with E-state index in [1.165, 1.54) is 21.3 Å². The highest BCUT2D eigenvalue weighted by atomic mass is 16.5. The van der Waals surface area contributed by atoms with Crippen LogP contribution in [0.1, 0.15) is 40.9 Å². The van der Waals surface area contributed by atoms with Gasteiger partial charge in [-0.3, -0.25) is 20.2 Å². The van der Waals surface area contributed by atoms with Gasteiger partial charge in [0.1, 0.15) is 0 Å². The molecule has 2 amide bonds. The summed E-state index contributed by atoms with van der Waals surface area (Å²) in [5.74, 6) is 0.838. The number of aryl methyl sites for hydroxylation is 1. The summed E-state index contributed by atoms with van der Waals surface area (Å²) in [6.07, 6.45) is 0.996. The number of hydrogen-bond donors (Lipinski definition) is 2. The topological polar surface area (TPSA) is 98.2 Å². The Morgan fingerprint density at radius 1 is 1.07 bits per heavy atom. The van der Waals surface area contributed by atoms with Crippen molar-refractivity contribution in [2.24, 2.45) is 4.99 Å². The summed E-state index contributed by atoms with van der Waals surface area (Å²) in [7, 11) is 4.55. The molecule has 1 aliphatic heterocycles. The number of ether oxygens (including phenoxy) is 3. The molecule has 0 saturated carbocycles. The Labute approximate surface area is 175 Å². The Kier molecular flexibility index (Phi) is 6.56. The lowest BCUT2D eigenvalue weighted by molar-refractivity contribution is -0.120. The molecule has 0 aromatic heterocycles. The molecule has 8 heteroatoms. The molecule has 1 aliphatic rings. The van der Waals surface area contributed by atoms with Gasteiger partial charge in [-0.15, -0.1) is 0 Å². The van der Waals surface area contributed by atoms with Gasteiger partial charge < -0.3 is 14.2 Å². The van der Waals surface area contributed by atoms with E-state index in [1.807, 2.05) is 19.1 Å². The van der Waals surface area contributed by atoms with Crippen LogP contribution in [0, 0.1) is 0 Å². The van der Waals surface area contributed by atoms with Gasteiger partial charge in [0, 0.05) is 11.1 Å². The first-order valence-corrected chi connectivity index (χ1v) is 9.57. The molecule has 158 valence electrons. The van der Waals surface area contributed by atoms with E-state index in [4.69, 9.17) is 14.2 Å². The SMILES string of the molecule is CCc1ccc(C(=O)NC2=NC(c3ccc(OC)c(OC)c3OC)CC(=O)N2)cc1. The Morgan fingerprint density at radius 2 is 1.77 bits per heavy atom. The minimum atomic E-state index is -0.550. The van der Waals surface area contributed by atoms with E-state index in [9.17, 15) is 9.59 Å². The van der Waals surface area contributed by atoms with Gasteiger partial charge in [0.15, 0.2) is 11.5 Å². The Balaban J connectivity index is 1.89. The number of amides is 2. The summed E-state index contributed by atoms with van der Waals surface area (Å²) in [5, 5.41) is 5.28. The van der Waals surface area contributed by atoms with Gasteiger partial charge in [-0.05, 0) is 36.2 Å². The number of aliphatic imine (C=N–C) groups is 1. The van der Waals surface area contributed by atoms with E-state index in [2.05, 4.69) is 15.6 Å². The van der Waals surface area contributed by atoms with E-state index in [0.29, 0.717) is 28.4 Å². The van der Waals surface area contributed by atoms with Gasteiger partial charge in [-0.1, -0.05) is 19.1 Å². The zero-order chi connectivity index (χ0) is 21.7. The normalized spacial score (nSPS) is 15.7. The van der Waals surface area contributed by atoms with Crippen molar-refractivity contribution in [3.05, 3.63) is 53.1 Å². The smallest absolute Gasteiger partial charge is 0.257 e. The van der Waals surface area contributed by atoms with Crippen LogP contribution in [-0.4, -0.2) is 39.1 Å². The van der Waals surface area contributed by atoms with Crippen LogP contribution >= 0.6 is 0 Å². The van der Waals surface area contributed by atoms with Gasteiger partial charge in [0.05, 0.1) is 33.8 Å². The van der Waals surface area contributed by atoms with Crippen molar-refractivity contribution in [2.75, 3.05) is 21.3 Å². The summed E-state index contributed by atoms with van der Waals surface area (Å²) >= 11 is 0. The number of guanidine groups is 1. The van der Waals surface area contributed by atoms with Crippen LogP contribution in [0.15, 0.2) is 41.4 Å². The Bertz CT molecular complexity index is 969. The minimum absolute atomic E-state index is 0.0951. The van der Waals surface area contributed by atoms with Crippen LogP contribution in [0.5, 0.6) is 17.2 Å². The number of rotatable bonds is 6. The molecule has 30 heavy (non-hydrogen) atoms. The first kappa shape index (κ1) is 21.2. The fourth-order valence-electron chi connectivity index (χ4n) is 3.29. The maximum absolute atomic E-state index is 12.6. The number of nitrogens with zero attached hydrogens (tertiary/aromatic N) is 1. The van der Waals surface area contributed by atoms with Gasteiger partial charge in [0.25, 0.3) is 5.91 Å². The summed E-state index contributed by atoms with van der Waals surface area (Å²) in [6.45, 7) is 2.05. The molecule has 8 nitrogen and oxygen atoms in total. The third-order valence-electron chi connectivity index (χ3n) is 4.87. The van der Waals surface area contributed by atoms with Crippen LogP contribution in [-0.2, 0) is 11.2 Å². The molecule has 0 fully saturated rings. The number of carbonyl (C=O) groups is 2. The summed E-state index contributed by atoms with van der Waals surface area (Å²) < 4.78 is 16.2. The summed E-state index contributed by atoms with van der Waals surface area (Å²) in [6, 6.07) is 10.2. The van der Waals surface area contributed by atoms with E-state index >= 15 is 0 Å². The van der Waals surface area contributed by atoms with E-state index < -0.39 is 6.04 Å². The van der Waals surface area contributed by atoms with Crippen molar-refractivity contribution in [1.29, 1.82) is 0 Å². The molecule has 1 heterocycles. The van der Waals surface area contributed by atoms with Crippen LogP contribution in [0.2, 0.25) is 0 Å². The van der Waals surface area contributed by atoms with Crippen molar-refractivity contribution < 1.29 is 23.8 Å². The zero-order valence-electron chi connectivity index (χ0n) is 17.4. The van der Waals surface area contributed by atoms with E-state index in [-0.39, 0.29) is 24.2 Å². The fourth-order valence-corrected chi connectivity index (χ4v) is 3.29. The first-order valence-electron chi connectivity index (χ1n) is 9.57. The number of nitrogens with one attached hydrogen (secondary N) is 2. The fraction of sp³-hybridized carbons (Fsp3) is 0.318. The molecule has 2 aromatic rings. The third kappa shape index (κ3) is 4.37. The lowest BCUT2D eigenvalue weighted by Crippen LogP contribution is -2.47.